The molecule has 0 spiro atoms. The summed E-state index contributed by atoms with van der Waals surface area (Å²) in [5.41, 5.74) is -1.15. The third-order valence-electron chi connectivity index (χ3n) is 4.00. The second-order valence-corrected chi connectivity index (χ2v) is 6.10. The molecule has 0 bridgehead atoms. The van der Waals surface area contributed by atoms with Gasteiger partial charge in [-0.1, -0.05) is 26.0 Å². The molecule has 3 aromatic rings. The molecule has 0 N–H and O–H groups in total. The maximum absolute atomic E-state index is 13.3. The van der Waals surface area contributed by atoms with Crippen LogP contribution in [0, 0.1) is 5.82 Å². The van der Waals surface area contributed by atoms with E-state index in [0.717, 1.165) is 24.3 Å². The van der Waals surface area contributed by atoms with Crippen LogP contribution in [-0.2, 0) is 6.18 Å². The van der Waals surface area contributed by atoms with Crippen LogP contribution in [0.25, 0.3) is 16.6 Å². The lowest BCUT2D eigenvalue weighted by atomic mass is 9.94. The highest BCUT2D eigenvalue weighted by molar-refractivity contribution is 6.01. The average molecular weight is 365 g/mol. The Morgan fingerprint density at radius 2 is 1.73 bits per heavy atom. The largest absolute Gasteiger partial charge is 0.545 e. The Labute approximate surface area is 145 Å². The summed E-state index contributed by atoms with van der Waals surface area (Å²) in [4.78, 5) is 11.8. The number of nitrogens with zero attached hydrogens (tertiary/aromatic N) is 2. The lowest BCUT2D eigenvalue weighted by molar-refractivity contribution is -0.255. The number of carbonyl (C=O) groups is 1. The molecule has 0 saturated heterocycles. The first kappa shape index (κ1) is 17.9. The fourth-order valence-corrected chi connectivity index (χ4v) is 2.87. The second-order valence-electron chi connectivity index (χ2n) is 6.10. The molecule has 0 radical (unpaired) electrons. The number of halogens is 4. The number of aromatic carboxylic acids is 1. The summed E-state index contributed by atoms with van der Waals surface area (Å²) in [6.45, 7) is 3.23. The van der Waals surface area contributed by atoms with Crippen LogP contribution in [-0.4, -0.2) is 15.6 Å². The van der Waals surface area contributed by atoms with Gasteiger partial charge in [0.15, 0.2) is 0 Å². The van der Waals surface area contributed by atoms with Crippen molar-refractivity contribution in [3.05, 3.63) is 59.2 Å². The Balaban J connectivity index is 2.49. The molecule has 136 valence electrons. The van der Waals surface area contributed by atoms with Crippen molar-refractivity contribution in [2.24, 2.45) is 0 Å². The third kappa shape index (κ3) is 2.91. The van der Waals surface area contributed by atoms with E-state index in [-0.39, 0.29) is 27.9 Å². The maximum atomic E-state index is 13.3. The molecule has 0 saturated carbocycles. The fraction of sp³-hybridized carbons (Fsp3) is 0.222. The normalized spacial score (nSPS) is 12.1. The molecular formula is C18H13F4N2O2-. The van der Waals surface area contributed by atoms with E-state index >= 15 is 0 Å². The highest BCUT2D eigenvalue weighted by atomic mass is 19.4. The fourth-order valence-electron chi connectivity index (χ4n) is 2.87. The zero-order chi connectivity index (χ0) is 19.2. The lowest BCUT2D eigenvalue weighted by Gasteiger charge is -2.20. The van der Waals surface area contributed by atoms with Gasteiger partial charge in [-0.15, -0.1) is 0 Å². The summed E-state index contributed by atoms with van der Waals surface area (Å²) in [6.07, 6.45) is -4.67. The number of hydrogen-bond donors (Lipinski definition) is 0. The zero-order valence-corrected chi connectivity index (χ0v) is 13.8. The van der Waals surface area contributed by atoms with E-state index in [2.05, 4.69) is 5.10 Å². The lowest BCUT2D eigenvalue weighted by Crippen LogP contribution is -2.27. The Morgan fingerprint density at radius 1 is 1.12 bits per heavy atom. The standard InChI is InChI=1S/C18H14F4N2O2/c1-9(2)16-15(17(25)26)14(10-3-5-11(19)6-4-10)12-7-8-13(18(20,21)22)24(12)23-16/h3-9H,1-2H3,(H,25,26)/p-1. The van der Waals surface area contributed by atoms with Gasteiger partial charge in [-0.25, -0.2) is 8.91 Å². The Hall–Kier alpha value is -2.90. The molecule has 0 aliphatic carbocycles. The molecule has 26 heavy (non-hydrogen) atoms. The van der Waals surface area contributed by atoms with Gasteiger partial charge in [-0.2, -0.15) is 18.3 Å². The number of fused-ring (bicyclic) bond motifs is 1. The summed E-state index contributed by atoms with van der Waals surface area (Å²) in [6, 6.07) is 6.80. The molecule has 8 heteroatoms. The topological polar surface area (TPSA) is 57.4 Å². The second kappa shape index (κ2) is 6.12. The van der Waals surface area contributed by atoms with Gasteiger partial charge in [0.05, 0.1) is 17.2 Å². The number of hydrogen-bond acceptors (Lipinski definition) is 3. The van der Waals surface area contributed by atoms with Crippen molar-refractivity contribution in [1.82, 2.24) is 9.61 Å². The molecule has 0 aliphatic rings. The SMILES string of the molecule is CC(C)c1nn2c(C(F)(F)F)ccc2c(-c2ccc(F)cc2)c1C(=O)[O-]. The van der Waals surface area contributed by atoms with Crippen molar-refractivity contribution in [3.63, 3.8) is 0 Å². The molecule has 0 unspecified atom stereocenters. The van der Waals surface area contributed by atoms with Crippen molar-refractivity contribution in [2.45, 2.75) is 25.9 Å². The van der Waals surface area contributed by atoms with Gasteiger partial charge in [0.2, 0.25) is 0 Å². The predicted molar refractivity (Wildman–Crippen MR) is 84.0 cm³/mol. The van der Waals surface area contributed by atoms with Crippen molar-refractivity contribution in [2.75, 3.05) is 0 Å². The quantitative estimate of drug-likeness (QED) is 0.666. The molecule has 2 heterocycles. The number of carboxylic acids is 1. The smallest absolute Gasteiger partial charge is 0.433 e. The summed E-state index contributed by atoms with van der Waals surface area (Å²) in [5, 5.41) is 15.7. The molecule has 0 fully saturated rings. The van der Waals surface area contributed by atoms with Gasteiger partial charge in [0.25, 0.3) is 0 Å². The first-order valence-electron chi connectivity index (χ1n) is 7.71. The van der Waals surface area contributed by atoms with E-state index in [4.69, 9.17) is 0 Å². The van der Waals surface area contributed by atoms with Gasteiger partial charge >= 0.3 is 6.18 Å². The van der Waals surface area contributed by atoms with E-state index in [1.807, 2.05) is 0 Å². The number of aromatic nitrogens is 2. The van der Waals surface area contributed by atoms with Crippen LogP contribution in [0.5, 0.6) is 0 Å². The summed E-state index contributed by atoms with van der Waals surface area (Å²) < 4.78 is 53.8. The predicted octanol–water partition coefficient (Wildman–Crippen LogP) is 3.65. The van der Waals surface area contributed by atoms with E-state index in [9.17, 15) is 27.5 Å². The summed E-state index contributed by atoms with van der Waals surface area (Å²) in [7, 11) is 0. The van der Waals surface area contributed by atoms with Crippen LogP contribution in [0.2, 0.25) is 0 Å². The van der Waals surface area contributed by atoms with Crippen LogP contribution in [0.1, 0.15) is 41.5 Å². The summed E-state index contributed by atoms with van der Waals surface area (Å²) >= 11 is 0. The average Bonchev–Trinajstić information content (AvgIpc) is 2.97. The minimum Gasteiger partial charge on any atom is -0.545 e. The number of carbonyl (C=O) groups excluding carboxylic acids is 1. The number of rotatable bonds is 3. The van der Waals surface area contributed by atoms with E-state index in [1.165, 1.54) is 12.1 Å². The highest BCUT2D eigenvalue weighted by Gasteiger charge is 2.35. The number of benzene rings is 1. The van der Waals surface area contributed by atoms with Gasteiger partial charge < -0.3 is 9.90 Å². The van der Waals surface area contributed by atoms with E-state index in [1.54, 1.807) is 13.8 Å². The van der Waals surface area contributed by atoms with Crippen molar-refractivity contribution in [3.8, 4) is 11.1 Å². The van der Waals surface area contributed by atoms with E-state index < -0.39 is 29.6 Å². The van der Waals surface area contributed by atoms with Crippen LogP contribution in [0.3, 0.4) is 0 Å². The molecule has 0 amide bonds. The van der Waals surface area contributed by atoms with Gasteiger partial charge in [0, 0.05) is 11.1 Å². The molecule has 3 rings (SSSR count). The summed E-state index contributed by atoms with van der Waals surface area (Å²) in [5.74, 6) is -2.59. The molecule has 4 nitrogen and oxygen atoms in total. The van der Waals surface area contributed by atoms with Gasteiger partial charge in [-0.05, 0) is 35.7 Å². The molecule has 2 aromatic heterocycles. The number of carboxylic acid groups (broad SMARTS) is 1. The van der Waals surface area contributed by atoms with E-state index in [0.29, 0.717) is 4.52 Å². The van der Waals surface area contributed by atoms with Crippen molar-refractivity contribution in [1.29, 1.82) is 0 Å². The van der Waals surface area contributed by atoms with Crippen LogP contribution >= 0.6 is 0 Å². The molecule has 0 aliphatic heterocycles. The molecule has 0 atom stereocenters. The maximum Gasteiger partial charge on any atom is 0.433 e. The minimum atomic E-state index is -4.67. The third-order valence-corrected chi connectivity index (χ3v) is 4.00. The van der Waals surface area contributed by atoms with Crippen LogP contribution in [0.4, 0.5) is 17.6 Å². The highest BCUT2D eigenvalue weighted by Crippen LogP contribution is 2.37. The van der Waals surface area contributed by atoms with Crippen molar-refractivity contribution >= 4 is 11.5 Å². The Bertz CT molecular complexity index is 989. The Morgan fingerprint density at radius 3 is 2.23 bits per heavy atom. The monoisotopic (exact) mass is 365 g/mol. The van der Waals surface area contributed by atoms with Crippen molar-refractivity contribution < 1.29 is 27.5 Å². The molecule has 1 aromatic carbocycles. The van der Waals surface area contributed by atoms with Crippen LogP contribution < -0.4 is 5.11 Å². The minimum absolute atomic E-state index is 0.0131. The first-order chi connectivity index (χ1) is 12.1. The number of alkyl halides is 3. The van der Waals surface area contributed by atoms with Gasteiger partial charge in [-0.3, -0.25) is 0 Å². The molecular weight excluding hydrogens is 352 g/mol. The zero-order valence-electron chi connectivity index (χ0n) is 13.8. The van der Waals surface area contributed by atoms with Gasteiger partial charge in [0.1, 0.15) is 11.5 Å². The first-order valence-corrected chi connectivity index (χ1v) is 7.71. The van der Waals surface area contributed by atoms with Crippen LogP contribution in [0.15, 0.2) is 36.4 Å². The Kier molecular flexibility index (Phi) is 4.21.